The summed E-state index contributed by atoms with van der Waals surface area (Å²) < 4.78 is 16.0. The lowest BCUT2D eigenvalue weighted by Gasteiger charge is -2.36. The highest BCUT2D eigenvalue weighted by Gasteiger charge is 2.45. The van der Waals surface area contributed by atoms with Crippen LogP contribution < -0.4 is 19.5 Å². The lowest BCUT2D eigenvalue weighted by Crippen LogP contribution is -2.42. The summed E-state index contributed by atoms with van der Waals surface area (Å²) >= 11 is 0. The summed E-state index contributed by atoms with van der Waals surface area (Å²) in [4.78, 5) is 23.4. The molecule has 1 aliphatic carbocycles. The molecule has 7 heteroatoms. The highest BCUT2D eigenvalue weighted by atomic mass is 16.5. The van der Waals surface area contributed by atoms with Gasteiger partial charge in [0.1, 0.15) is 0 Å². The van der Waals surface area contributed by atoms with E-state index in [1.165, 1.54) is 7.11 Å². The second-order valence-corrected chi connectivity index (χ2v) is 6.21. The van der Waals surface area contributed by atoms with E-state index in [9.17, 15) is 14.7 Å². The van der Waals surface area contributed by atoms with Crippen LogP contribution in [0.2, 0.25) is 0 Å². The number of ether oxygens (including phenoxy) is 3. The Morgan fingerprint density at radius 2 is 1.80 bits per heavy atom. The first-order valence-electron chi connectivity index (χ1n) is 8.25. The fourth-order valence-electron chi connectivity index (χ4n) is 3.14. The fourth-order valence-corrected chi connectivity index (χ4v) is 3.14. The maximum Gasteiger partial charge on any atom is 0.310 e. The van der Waals surface area contributed by atoms with Gasteiger partial charge in [-0.15, -0.1) is 0 Å². The van der Waals surface area contributed by atoms with Crippen molar-refractivity contribution in [2.24, 2.45) is 5.41 Å². The Kier molecular flexibility index (Phi) is 6.12. The molecule has 0 radical (unpaired) electrons. The molecule has 25 heavy (non-hydrogen) atoms. The van der Waals surface area contributed by atoms with E-state index in [0.29, 0.717) is 43.1 Å². The molecule has 1 aromatic rings. The van der Waals surface area contributed by atoms with E-state index in [-0.39, 0.29) is 12.3 Å². The first-order chi connectivity index (χ1) is 12.0. The number of carbonyl (C=O) groups excluding carboxylic acids is 1. The summed E-state index contributed by atoms with van der Waals surface area (Å²) in [5, 5.41) is 12.1. The number of carbonyl (C=O) groups is 2. The molecule has 0 bridgehead atoms. The van der Waals surface area contributed by atoms with Crippen molar-refractivity contribution in [1.29, 1.82) is 0 Å². The van der Waals surface area contributed by atoms with Gasteiger partial charge >= 0.3 is 5.97 Å². The Morgan fingerprint density at radius 1 is 1.12 bits per heavy atom. The van der Waals surface area contributed by atoms with Crippen LogP contribution in [0.15, 0.2) is 12.1 Å². The summed E-state index contributed by atoms with van der Waals surface area (Å²) in [7, 11) is 4.64. The van der Waals surface area contributed by atoms with Gasteiger partial charge in [0.15, 0.2) is 11.5 Å². The number of rotatable bonds is 9. The summed E-state index contributed by atoms with van der Waals surface area (Å²) in [5.41, 5.74) is 0.00233. The molecule has 0 heterocycles. The van der Waals surface area contributed by atoms with Gasteiger partial charge in [-0.1, -0.05) is 12.5 Å². The molecule has 0 unspecified atom stereocenters. The van der Waals surface area contributed by atoms with Crippen molar-refractivity contribution >= 4 is 11.9 Å². The Balaban J connectivity index is 1.95. The van der Waals surface area contributed by atoms with E-state index in [2.05, 4.69) is 5.32 Å². The molecule has 1 saturated carbocycles. The zero-order valence-corrected chi connectivity index (χ0v) is 14.9. The van der Waals surface area contributed by atoms with E-state index >= 15 is 0 Å². The van der Waals surface area contributed by atoms with Gasteiger partial charge in [0.25, 0.3) is 0 Å². The van der Waals surface area contributed by atoms with E-state index in [1.807, 2.05) is 6.07 Å². The summed E-state index contributed by atoms with van der Waals surface area (Å²) in [5.74, 6) is 0.530. The average Bonchev–Trinajstić information content (AvgIpc) is 2.56. The Morgan fingerprint density at radius 3 is 2.28 bits per heavy atom. The number of amides is 1. The molecule has 7 nitrogen and oxygen atoms in total. The maximum atomic E-state index is 12.1. The van der Waals surface area contributed by atoms with Crippen molar-refractivity contribution in [2.45, 2.75) is 32.1 Å². The molecule has 138 valence electrons. The number of nitrogens with one attached hydrogen (secondary N) is 1. The minimum absolute atomic E-state index is 0.0331. The van der Waals surface area contributed by atoms with Crippen LogP contribution in [0.25, 0.3) is 0 Å². The molecular weight excluding hydrogens is 326 g/mol. The molecule has 0 aliphatic heterocycles. The molecule has 0 spiro atoms. The molecule has 2 rings (SSSR count). The highest BCUT2D eigenvalue weighted by Crippen LogP contribution is 2.44. The van der Waals surface area contributed by atoms with Gasteiger partial charge in [-0.05, 0) is 25.3 Å². The number of benzene rings is 1. The molecule has 1 aromatic carbocycles. The minimum atomic E-state index is -0.879. The third kappa shape index (κ3) is 3.97. The van der Waals surface area contributed by atoms with E-state index < -0.39 is 11.4 Å². The van der Waals surface area contributed by atoms with Gasteiger partial charge in [-0.2, -0.15) is 0 Å². The van der Waals surface area contributed by atoms with Gasteiger partial charge in [-0.25, -0.2) is 0 Å². The topological polar surface area (TPSA) is 94.1 Å². The van der Waals surface area contributed by atoms with Crippen LogP contribution in [0, 0.1) is 5.41 Å². The zero-order chi connectivity index (χ0) is 18.4. The normalized spacial score (nSPS) is 15.0. The monoisotopic (exact) mass is 351 g/mol. The van der Waals surface area contributed by atoms with Crippen LogP contribution >= 0.6 is 0 Å². The summed E-state index contributed by atoms with van der Waals surface area (Å²) in [6.45, 7) is 0.389. The van der Waals surface area contributed by atoms with Crippen molar-refractivity contribution < 1.29 is 28.9 Å². The second kappa shape index (κ2) is 8.09. The van der Waals surface area contributed by atoms with Gasteiger partial charge in [0.2, 0.25) is 11.7 Å². The van der Waals surface area contributed by atoms with Crippen LogP contribution in [0.1, 0.15) is 31.2 Å². The van der Waals surface area contributed by atoms with E-state index in [1.54, 1.807) is 20.3 Å². The standard InChI is InChI=1S/C18H25NO6/c1-23-13-6-5-12(15(24-2)16(13)25-3)7-10-19-14(20)11-18(17(21)22)8-4-9-18/h5-6H,4,7-11H2,1-3H3,(H,19,20)(H,21,22). The van der Waals surface area contributed by atoms with Gasteiger partial charge in [-0.3, -0.25) is 9.59 Å². The largest absolute Gasteiger partial charge is 0.493 e. The predicted octanol–water partition coefficient (Wildman–Crippen LogP) is 2.02. The highest BCUT2D eigenvalue weighted by molar-refractivity contribution is 5.85. The second-order valence-electron chi connectivity index (χ2n) is 6.21. The predicted molar refractivity (Wildman–Crippen MR) is 91.3 cm³/mol. The molecule has 1 fully saturated rings. The van der Waals surface area contributed by atoms with Crippen LogP contribution in [-0.2, 0) is 16.0 Å². The van der Waals surface area contributed by atoms with Gasteiger partial charge < -0.3 is 24.6 Å². The lowest BCUT2D eigenvalue weighted by atomic mass is 9.66. The smallest absolute Gasteiger partial charge is 0.310 e. The maximum absolute atomic E-state index is 12.1. The van der Waals surface area contributed by atoms with Crippen molar-refractivity contribution in [2.75, 3.05) is 27.9 Å². The number of carboxylic acid groups (broad SMARTS) is 1. The molecule has 0 saturated heterocycles. The quantitative estimate of drug-likeness (QED) is 0.707. The molecule has 0 aromatic heterocycles. The molecule has 2 N–H and O–H groups in total. The summed E-state index contributed by atoms with van der Waals surface area (Å²) in [6.07, 6.45) is 2.57. The fraction of sp³-hybridized carbons (Fsp3) is 0.556. The number of hydrogen-bond acceptors (Lipinski definition) is 5. The summed E-state index contributed by atoms with van der Waals surface area (Å²) in [6, 6.07) is 3.64. The third-order valence-corrected chi connectivity index (χ3v) is 4.77. The first kappa shape index (κ1) is 18.9. The molecule has 0 atom stereocenters. The SMILES string of the molecule is COc1ccc(CCNC(=O)CC2(C(=O)O)CCC2)c(OC)c1OC. The lowest BCUT2D eigenvalue weighted by molar-refractivity contribution is -0.157. The number of hydrogen-bond donors (Lipinski definition) is 2. The Hall–Kier alpha value is -2.44. The van der Waals surface area contributed by atoms with E-state index in [4.69, 9.17) is 14.2 Å². The van der Waals surface area contributed by atoms with Crippen LogP contribution in [0.3, 0.4) is 0 Å². The van der Waals surface area contributed by atoms with Crippen LogP contribution in [0.4, 0.5) is 0 Å². The Bertz CT molecular complexity index is 639. The van der Waals surface area contributed by atoms with Crippen LogP contribution in [0.5, 0.6) is 17.2 Å². The molecule has 1 aliphatic rings. The van der Waals surface area contributed by atoms with Gasteiger partial charge in [0, 0.05) is 18.5 Å². The number of aliphatic carboxylic acids is 1. The number of carboxylic acids is 1. The van der Waals surface area contributed by atoms with Crippen molar-refractivity contribution in [3.8, 4) is 17.2 Å². The van der Waals surface area contributed by atoms with Gasteiger partial charge in [0.05, 0.1) is 26.7 Å². The number of methoxy groups -OCH3 is 3. The van der Waals surface area contributed by atoms with Crippen molar-refractivity contribution in [1.82, 2.24) is 5.32 Å². The average molecular weight is 351 g/mol. The van der Waals surface area contributed by atoms with E-state index in [0.717, 1.165) is 12.0 Å². The van der Waals surface area contributed by atoms with Crippen molar-refractivity contribution in [3.05, 3.63) is 17.7 Å². The first-order valence-corrected chi connectivity index (χ1v) is 8.25. The zero-order valence-electron chi connectivity index (χ0n) is 14.9. The molecular formula is C18H25NO6. The minimum Gasteiger partial charge on any atom is -0.493 e. The third-order valence-electron chi connectivity index (χ3n) is 4.77. The Labute approximate surface area is 147 Å². The van der Waals surface area contributed by atoms with Crippen LogP contribution in [-0.4, -0.2) is 44.9 Å². The molecule has 1 amide bonds. The van der Waals surface area contributed by atoms with Crippen molar-refractivity contribution in [3.63, 3.8) is 0 Å².